The van der Waals surface area contributed by atoms with Crippen LogP contribution in [-0.4, -0.2) is 51.5 Å². The number of carboxylic acid groups (broad SMARTS) is 1. The maximum absolute atomic E-state index is 12.5. The van der Waals surface area contributed by atoms with E-state index in [4.69, 9.17) is 44.3 Å². The Morgan fingerprint density at radius 3 is 2.19 bits per heavy atom. The average Bonchev–Trinajstić information content (AvgIpc) is 2.64. The van der Waals surface area contributed by atoms with Crippen LogP contribution in [0, 0.1) is 5.41 Å². The van der Waals surface area contributed by atoms with E-state index < -0.39 is 33.8 Å². The number of carboxylic acids is 1. The van der Waals surface area contributed by atoms with Crippen LogP contribution < -0.4 is 0 Å². The van der Waals surface area contributed by atoms with Crippen molar-refractivity contribution in [2.75, 3.05) is 19.7 Å². The number of hydrogen-bond donors (Lipinski definition) is 1. The second-order valence-corrected chi connectivity index (χ2v) is 8.62. The van der Waals surface area contributed by atoms with E-state index in [0.717, 1.165) is 5.56 Å². The van der Waals surface area contributed by atoms with Crippen LogP contribution in [0.15, 0.2) is 30.3 Å². The van der Waals surface area contributed by atoms with E-state index in [-0.39, 0.29) is 32.5 Å². The first-order valence-electron chi connectivity index (χ1n) is 8.07. The van der Waals surface area contributed by atoms with Crippen LogP contribution in [0.2, 0.25) is 0 Å². The highest BCUT2D eigenvalue weighted by Crippen LogP contribution is 2.34. The van der Waals surface area contributed by atoms with Crippen molar-refractivity contribution < 1.29 is 29.0 Å². The Labute approximate surface area is 171 Å². The molecular formula is C17H18Cl3NO6. The Bertz CT molecular complexity index is 684. The zero-order chi connectivity index (χ0) is 20.1. The highest BCUT2D eigenvalue weighted by Gasteiger charge is 2.50. The minimum Gasteiger partial charge on any atom is -0.480 e. The molecule has 1 aromatic carbocycles. The summed E-state index contributed by atoms with van der Waals surface area (Å²) in [5.74, 6) is -2.11. The van der Waals surface area contributed by atoms with Crippen LogP contribution in [-0.2, 0) is 25.7 Å². The summed E-state index contributed by atoms with van der Waals surface area (Å²) in [4.78, 5) is 37.5. The molecule has 1 aliphatic rings. The normalized spacial score (nSPS) is 16.5. The number of esters is 1. The van der Waals surface area contributed by atoms with Gasteiger partial charge < -0.3 is 19.5 Å². The smallest absolute Gasteiger partial charge is 0.409 e. The van der Waals surface area contributed by atoms with E-state index in [1.54, 1.807) is 24.3 Å². The number of halogens is 3. The molecule has 0 aliphatic carbocycles. The van der Waals surface area contributed by atoms with Crippen molar-refractivity contribution in [3.05, 3.63) is 35.9 Å². The topological polar surface area (TPSA) is 93.1 Å². The monoisotopic (exact) mass is 437 g/mol. The van der Waals surface area contributed by atoms with Gasteiger partial charge in [0.05, 0.1) is 0 Å². The molecule has 1 aliphatic heterocycles. The molecule has 1 amide bonds. The van der Waals surface area contributed by atoms with Gasteiger partial charge in [-0.05, 0) is 18.4 Å². The molecule has 0 bridgehead atoms. The lowest BCUT2D eigenvalue weighted by Crippen LogP contribution is -2.51. The molecule has 0 atom stereocenters. The number of piperidine rings is 1. The first-order valence-corrected chi connectivity index (χ1v) is 9.20. The molecule has 148 valence electrons. The number of hydrogen-bond acceptors (Lipinski definition) is 5. The number of nitrogens with zero attached hydrogens (tertiary/aromatic N) is 1. The summed E-state index contributed by atoms with van der Waals surface area (Å²) in [7, 11) is 0. The lowest BCUT2D eigenvalue weighted by Gasteiger charge is -2.36. The van der Waals surface area contributed by atoms with E-state index in [1.165, 1.54) is 4.90 Å². The third-order valence-corrected chi connectivity index (χ3v) is 4.57. The predicted molar refractivity (Wildman–Crippen MR) is 98.8 cm³/mol. The Morgan fingerprint density at radius 1 is 1.07 bits per heavy atom. The summed E-state index contributed by atoms with van der Waals surface area (Å²) in [6.07, 6.45) is -0.935. The number of aliphatic carboxylic acids is 1. The fourth-order valence-corrected chi connectivity index (χ4v) is 2.84. The summed E-state index contributed by atoms with van der Waals surface area (Å²) < 4.78 is 8.34. The van der Waals surface area contributed by atoms with Crippen molar-refractivity contribution in [2.45, 2.75) is 23.2 Å². The zero-order valence-electron chi connectivity index (χ0n) is 14.2. The molecule has 1 N–H and O–H groups in total. The van der Waals surface area contributed by atoms with Crippen molar-refractivity contribution in [1.82, 2.24) is 4.90 Å². The third-order valence-electron chi connectivity index (χ3n) is 4.25. The van der Waals surface area contributed by atoms with Gasteiger partial charge in [-0.1, -0.05) is 65.1 Å². The highest BCUT2D eigenvalue weighted by molar-refractivity contribution is 6.67. The van der Waals surface area contributed by atoms with Crippen LogP contribution in [0.3, 0.4) is 0 Å². The molecule has 1 heterocycles. The SMILES string of the molecule is O=C(OCC(Cl)(Cl)Cl)N1CCC(C(=O)O)(C(=O)OCc2ccccc2)CC1. The van der Waals surface area contributed by atoms with E-state index in [2.05, 4.69) is 0 Å². The molecular weight excluding hydrogens is 421 g/mol. The van der Waals surface area contributed by atoms with Gasteiger partial charge in [-0.25, -0.2) is 4.79 Å². The van der Waals surface area contributed by atoms with Gasteiger partial charge in [0.25, 0.3) is 0 Å². The number of likely N-dealkylation sites (tertiary alicyclic amines) is 1. The molecule has 1 saturated heterocycles. The van der Waals surface area contributed by atoms with Crippen LogP contribution in [0.1, 0.15) is 18.4 Å². The summed E-state index contributed by atoms with van der Waals surface area (Å²) in [6, 6.07) is 8.93. The fraction of sp³-hybridized carbons (Fsp3) is 0.471. The van der Waals surface area contributed by atoms with Gasteiger partial charge in [0.1, 0.15) is 13.2 Å². The molecule has 0 radical (unpaired) electrons. The van der Waals surface area contributed by atoms with Gasteiger partial charge in [0.15, 0.2) is 5.41 Å². The maximum Gasteiger partial charge on any atom is 0.409 e. The first-order chi connectivity index (χ1) is 12.6. The van der Waals surface area contributed by atoms with Crippen LogP contribution >= 0.6 is 34.8 Å². The van der Waals surface area contributed by atoms with E-state index in [1.807, 2.05) is 6.07 Å². The Hall–Kier alpha value is -1.70. The molecule has 0 aromatic heterocycles. The zero-order valence-corrected chi connectivity index (χ0v) is 16.5. The van der Waals surface area contributed by atoms with Crippen molar-refractivity contribution in [3.8, 4) is 0 Å². The Kier molecular flexibility index (Phi) is 7.19. The van der Waals surface area contributed by atoms with Crippen molar-refractivity contribution >= 4 is 52.8 Å². The van der Waals surface area contributed by atoms with Gasteiger partial charge in [-0.3, -0.25) is 9.59 Å². The molecule has 0 spiro atoms. The summed E-state index contributed by atoms with van der Waals surface area (Å²) in [5, 5.41) is 9.60. The maximum atomic E-state index is 12.5. The first kappa shape index (κ1) is 21.6. The van der Waals surface area contributed by atoms with Crippen LogP contribution in [0.5, 0.6) is 0 Å². The van der Waals surface area contributed by atoms with Crippen molar-refractivity contribution in [3.63, 3.8) is 0 Å². The lowest BCUT2D eigenvalue weighted by molar-refractivity contribution is -0.173. The van der Waals surface area contributed by atoms with Gasteiger partial charge in [0, 0.05) is 13.1 Å². The standard InChI is InChI=1S/C17H18Cl3NO6/c18-17(19,20)11-27-15(25)21-8-6-16(7-9-21,13(22)23)14(24)26-10-12-4-2-1-3-5-12/h1-5H,6-11H2,(H,22,23). The minimum absolute atomic E-state index is 0.00538. The van der Waals surface area contributed by atoms with E-state index >= 15 is 0 Å². The second-order valence-electron chi connectivity index (χ2n) is 6.11. The molecule has 27 heavy (non-hydrogen) atoms. The molecule has 0 unspecified atom stereocenters. The Morgan fingerprint density at radius 2 is 1.67 bits per heavy atom. The predicted octanol–water partition coefficient (Wildman–Crippen LogP) is 3.40. The number of amides is 1. The molecule has 1 fully saturated rings. The molecule has 1 aromatic rings. The van der Waals surface area contributed by atoms with Crippen LogP contribution in [0.4, 0.5) is 4.79 Å². The number of alkyl halides is 3. The molecule has 2 rings (SSSR count). The van der Waals surface area contributed by atoms with Gasteiger partial charge >= 0.3 is 18.0 Å². The average molecular weight is 439 g/mol. The van der Waals surface area contributed by atoms with Crippen molar-refractivity contribution in [2.24, 2.45) is 5.41 Å². The third kappa shape index (κ3) is 5.89. The van der Waals surface area contributed by atoms with E-state index in [9.17, 15) is 19.5 Å². The second kappa shape index (κ2) is 8.99. The summed E-state index contributed by atoms with van der Waals surface area (Å²) in [6.45, 7) is -0.448. The number of rotatable bonds is 5. The Balaban J connectivity index is 1.95. The van der Waals surface area contributed by atoms with Gasteiger partial charge in [0.2, 0.25) is 3.79 Å². The van der Waals surface area contributed by atoms with Crippen molar-refractivity contribution in [1.29, 1.82) is 0 Å². The minimum atomic E-state index is -1.74. The van der Waals surface area contributed by atoms with E-state index in [0.29, 0.717) is 0 Å². The number of benzene rings is 1. The fourth-order valence-electron chi connectivity index (χ4n) is 2.67. The summed E-state index contributed by atoms with van der Waals surface area (Å²) in [5.41, 5.74) is -0.958. The number of carbonyl (C=O) groups is 3. The lowest BCUT2D eigenvalue weighted by atomic mass is 9.78. The van der Waals surface area contributed by atoms with Gasteiger partial charge in [-0.15, -0.1) is 0 Å². The highest BCUT2D eigenvalue weighted by atomic mass is 35.6. The molecule has 10 heteroatoms. The number of ether oxygens (including phenoxy) is 2. The number of carbonyl (C=O) groups excluding carboxylic acids is 2. The quantitative estimate of drug-likeness (QED) is 0.430. The van der Waals surface area contributed by atoms with Gasteiger partial charge in [-0.2, -0.15) is 0 Å². The molecule has 0 saturated carbocycles. The largest absolute Gasteiger partial charge is 0.480 e. The van der Waals surface area contributed by atoms with Crippen LogP contribution in [0.25, 0.3) is 0 Å². The summed E-state index contributed by atoms with van der Waals surface area (Å²) >= 11 is 16.6. The molecule has 7 nitrogen and oxygen atoms in total.